The SMILES string of the molecule is Cc1ccc(CNc2nc3ccccc3o2)cc1-n1ccnc1. The van der Waals surface area contributed by atoms with Crippen molar-refractivity contribution in [1.82, 2.24) is 14.5 Å². The van der Waals surface area contributed by atoms with Crippen molar-refractivity contribution in [3.05, 3.63) is 72.3 Å². The number of anilines is 1. The van der Waals surface area contributed by atoms with E-state index in [1.165, 1.54) is 5.56 Å². The van der Waals surface area contributed by atoms with Gasteiger partial charge in [0.1, 0.15) is 5.52 Å². The Morgan fingerprint density at radius 3 is 2.91 bits per heavy atom. The maximum atomic E-state index is 5.68. The van der Waals surface area contributed by atoms with Crippen LogP contribution in [0.3, 0.4) is 0 Å². The van der Waals surface area contributed by atoms with E-state index in [-0.39, 0.29) is 0 Å². The van der Waals surface area contributed by atoms with E-state index in [9.17, 15) is 0 Å². The van der Waals surface area contributed by atoms with Crippen LogP contribution in [0.2, 0.25) is 0 Å². The van der Waals surface area contributed by atoms with Gasteiger partial charge >= 0.3 is 0 Å². The Morgan fingerprint density at radius 1 is 1.17 bits per heavy atom. The Hall–Kier alpha value is -3.08. The fourth-order valence-electron chi connectivity index (χ4n) is 2.57. The summed E-state index contributed by atoms with van der Waals surface area (Å²) in [7, 11) is 0. The van der Waals surface area contributed by atoms with Gasteiger partial charge in [-0.1, -0.05) is 24.3 Å². The molecule has 0 aliphatic heterocycles. The Balaban J connectivity index is 1.56. The highest BCUT2D eigenvalue weighted by Crippen LogP contribution is 2.20. The molecule has 2 aromatic heterocycles. The van der Waals surface area contributed by atoms with E-state index in [0.717, 1.165) is 22.4 Å². The van der Waals surface area contributed by atoms with Gasteiger partial charge in [-0.25, -0.2) is 4.98 Å². The number of para-hydroxylation sites is 2. The summed E-state index contributed by atoms with van der Waals surface area (Å²) < 4.78 is 7.69. The number of nitrogens with one attached hydrogen (secondary N) is 1. The maximum Gasteiger partial charge on any atom is 0.295 e. The number of rotatable bonds is 4. The highest BCUT2D eigenvalue weighted by Gasteiger charge is 2.06. The largest absolute Gasteiger partial charge is 0.424 e. The number of fused-ring (bicyclic) bond motifs is 1. The standard InChI is InChI=1S/C18H16N4O/c1-13-6-7-14(10-16(13)22-9-8-19-12-22)11-20-18-21-15-4-2-3-5-17(15)23-18/h2-10,12H,11H2,1H3,(H,20,21). The predicted octanol–water partition coefficient (Wildman–Crippen LogP) is 3.93. The fraction of sp³-hybridized carbons (Fsp3) is 0.111. The number of oxazole rings is 1. The number of imidazole rings is 1. The van der Waals surface area contributed by atoms with Crippen LogP contribution in [0, 0.1) is 6.92 Å². The zero-order valence-corrected chi connectivity index (χ0v) is 12.7. The lowest BCUT2D eigenvalue weighted by molar-refractivity contribution is 0.614. The molecule has 2 heterocycles. The summed E-state index contributed by atoms with van der Waals surface area (Å²) >= 11 is 0. The molecule has 0 fully saturated rings. The van der Waals surface area contributed by atoms with Gasteiger partial charge in [-0.05, 0) is 36.2 Å². The van der Waals surface area contributed by atoms with Crippen LogP contribution < -0.4 is 5.32 Å². The van der Waals surface area contributed by atoms with Crippen molar-refractivity contribution in [1.29, 1.82) is 0 Å². The van der Waals surface area contributed by atoms with Gasteiger partial charge in [0.2, 0.25) is 0 Å². The molecule has 1 N–H and O–H groups in total. The summed E-state index contributed by atoms with van der Waals surface area (Å²) in [5, 5.41) is 3.24. The molecule has 0 aliphatic rings. The molecule has 0 amide bonds. The first-order chi connectivity index (χ1) is 11.3. The van der Waals surface area contributed by atoms with Crippen LogP contribution in [-0.4, -0.2) is 14.5 Å². The van der Waals surface area contributed by atoms with Gasteiger partial charge in [-0.15, -0.1) is 0 Å². The minimum Gasteiger partial charge on any atom is -0.424 e. The molecule has 0 radical (unpaired) electrons. The topological polar surface area (TPSA) is 55.9 Å². The fourth-order valence-corrected chi connectivity index (χ4v) is 2.57. The van der Waals surface area contributed by atoms with Gasteiger partial charge in [-0.3, -0.25) is 0 Å². The van der Waals surface area contributed by atoms with Gasteiger partial charge in [0.25, 0.3) is 6.01 Å². The van der Waals surface area contributed by atoms with E-state index < -0.39 is 0 Å². The molecule has 0 unspecified atom stereocenters. The lowest BCUT2D eigenvalue weighted by atomic mass is 10.1. The Bertz CT molecular complexity index is 908. The maximum absolute atomic E-state index is 5.68. The van der Waals surface area contributed by atoms with Gasteiger partial charge in [0.15, 0.2) is 5.58 Å². The molecule has 0 spiro atoms. The molecule has 2 aromatic carbocycles. The highest BCUT2D eigenvalue weighted by molar-refractivity contribution is 5.74. The van der Waals surface area contributed by atoms with E-state index in [2.05, 4.69) is 40.4 Å². The second-order valence-electron chi connectivity index (χ2n) is 5.43. The number of nitrogens with zero attached hydrogens (tertiary/aromatic N) is 3. The summed E-state index contributed by atoms with van der Waals surface area (Å²) in [5.74, 6) is 0. The van der Waals surface area contributed by atoms with Crippen LogP contribution in [0.4, 0.5) is 6.01 Å². The Labute approximate surface area is 133 Å². The minimum atomic E-state index is 0.538. The molecule has 0 saturated heterocycles. The Kier molecular flexibility index (Phi) is 3.31. The molecular formula is C18H16N4O. The molecule has 0 atom stereocenters. The second-order valence-corrected chi connectivity index (χ2v) is 5.43. The normalized spacial score (nSPS) is 11.0. The average molecular weight is 304 g/mol. The van der Waals surface area contributed by atoms with E-state index >= 15 is 0 Å². The monoisotopic (exact) mass is 304 g/mol. The average Bonchev–Trinajstić information content (AvgIpc) is 3.23. The summed E-state index contributed by atoms with van der Waals surface area (Å²) in [6, 6.07) is 14.6. The van der Waals surface area contributed by atoms with Gasteiger partial charge in [-0.2, -0.15) is 4.98 Å². The molecule has 0 saturated carbocycles. The third-order valence-corrected chi connectivity index (χ3v) is 3.79. The van der Waals surface area contributed by atoms with Crippen molar-refractivity contribution < 1.29 is 4.42 Å². The smallest absolute Gasteiger partial charge is 0.295 e. The van der Waals surface area contributed by atoms with Crippen molar-refractivity contribution in [2.75, 3.05) is 5.32 Å². The third kappa shape index (κ3) is 2.68. The van der Waals surface area contributed by atoms with Crippen LogP contribution in [0.25, 0.3) is 16.8 Å². The number of benzene rings is 2. The van der Waals surface area contributed by atoms with Crippen molar-refractivity contribution in [2.24, 2.45) is 0 Å². The molecule has 5 heteroatoms. The lowest BCUT2D eigenvalue weighted by Gasteiger charge is -2.09. The number of hydrogen-bond acceptors (Lipinski definition) is 4. The first-order valence-electron chi connectivity index (χ1n) is 7.47. The van der Waals surface area contributed by atoms with Gasteiger partial charge in [0, 0.05) is 24.6 Å². The lowest BCUT2D eigenvalue weighted by Crippen LogP contribution is -2.02. The van der Waals surface area contributed by atoms with Crippen molar-refractivity contribution >= 4 is 17.1 Å². The van der Waals surface area contributed by atoms with E-state index in [0.29, 0.717) is 12.6 Å². The third-order valence-electron chi connectivity index (χ3n) is 3.79. The highest BCUT2D eigenvalue weighted by atomic mass is 16.4. The minimum absolute atomic E-state index is 0.538. The summed E-state index contributed by atoms with van der Waals surface area (Å²) in [6.07, 6.45) is 5.53. The molecule has 114 valence electrons. The van der Waals surface area contributed by atoms with Crippen LogP contribution in [0.15, 0.2) is 65.6 Å². The van der Waals surface area contributed by atoms with Crippen LogP contribution in [0.1, 0.15) is 11.1 Å². The number of aromatic nitrogens is 3. The molecule has 4 rings (SSSR count). The van der Waals surface area contributed by atoms with Crippen LogP contribution >= 0.6 is 0 Å². The summed E-state index contributed by atoms with van der Waals surface area (Å²) in [4.78, 5) is 8.53. The number of aryl methyl sites for hydroxylation is 1. The molecule has 0 bridgehead atoms. The molecule has 0 aliphatic carbocycles. The van der Waals surface area contributed by atoms with Crippen LogP contribution in [0.5, 0.6) is 0 Å². The second kappa shape index (κ2) is 5.61. The zero-order chi connectivity index (χ0) is 15.6. The summed E-state index contributed by atoms with van der Waals surface area (Å²) in [5.41, 5.74) is 5.13. The van der Waals surface area contributed by atoms with E-state index in [1.54, 1.807) is 12.5 Å². The zero-order valence-electron chi connectivity index (χ0n) is 12.7. The first kappa shape index (κ1) is 13.6. The van der Waals surface area contributed by atoms with Gasteiger partial charge < -0.3 is 14.3 Å². The first-order valence-corrected chi connectivity index (χ1v) is 7.47. The van der Waals surface area contributed by atoms with Crippen molar-refractivity contribution in [2.45, 2.75) is 13.5 Å². The molecule has 4 aromatic rings. The van der Waals surface area contributed by atoms with E-state index in [4.69, 9.17) is 4.42 Å². The van der Waals surface area contributed by atoms with Crippen molar-refractivity contribution in [3.63, 3.8) is 0 Å². The molecule has 23 heavy (non-hydrogen) atoms. The molecular weight excluding hydrogens is 288 g/mol. The van der Waals surface area contributed by atoms with Gasteiger partial charge in [0.05, 0.1) is 6.33 Å². The summed E-state index contributed by atoms with van der Waals surface area (Å²) in [6.45, 7) is 2.74. The molecule has 5 nitrogen and oxygen atoms in total. The predicted molar refractivity (Wildman–Crippen MR) is 89.6 cm³/mol. The number of hydrogen-bond donors (Lipinski definition) is 1. The van der Waals surface area contributed by atoms with Crippen LogP contribution in [-0.2, 0) is 6.54 Å². The Morgan fingerprint density at radius 2 is 2.09 bits per heavy atom. The quantitative estimate of drug-likeness (QED) is 0.620. The van der Waals surface area contributed by atoms with E-state index in [1.807, 2.05) is 35.0 Å². The van der Waals surface area contributed by atoms with Crippen molar-refractivity contribution in [3.8, 4) is 5.69 Å².